The van der Waals surface area contributed by atoms with Crippen molar-refractivity contribution in [1.29, 1.82) is 5.26 Å². The predicted molar refractivity (Wildman–Crippen MR) is 64.2 cm³/mol. The molecule has 1 heterocycles. The fourth-order valence-corrected chi connectivity index (χ4v) is 2.27. The molecule has 17 heavy (non-hydrogen) atoms. The fourth-order valence-electron chi connectivity index (χ4n) is 1.64. The van der Waals surface area contributed by atoms with E-state index in [0.717, 1.165) is 5.69 Å². The highest BCUT2D eigenvalue weighted by Crippen LogP contribution is 2.27. The summed E-state index contributed by atoms with van der Waals surface area (Å²) in [5, 5.41) is 11.0. The normalized spacial score (nSPS) is 15.4. The van der Waals surface area contributed by atoms with Gasteiger partial charge in [0.25, 0.3) is 0 Å². The zero-order valence-electron chi connectivity index (χ0n) is 8.74. The van der Waals surface area contributed by atoms with Crippen molar-refractivity contribution in [1.82, 2.24) is 5.32 Å². The second-order valence-electron chi connectivity index (χ2n) is 3.61. The smallest absolute Gasteiger partial charge is 0.246 e. The minimum Gasteiger partial charge on any atom is -0.352 e. The van der Waals surface area contributed by atoms with Crippen LogP contribution in [0.1, 0.15) is 5.56 Å². The first kappa shape index (κ1) is 11.6. The Morgan fingerprint density at radius 2 is 1.94 bits per heavy atom. The first-order chi connectivity index (χ1) is 8.10. The Morgan fingerprint density at radius 3 is 2.47 bits per heavy atom. The van der Waals surface area contributed by atoms with E-state index in [9.17, 15) is 9.59 Å². The van der Waals surface area contributed by atoms with Crippen molar-refractivity contribution in [2.24, 2.45) is 0 Å². The number of nitrogens with zero attached hydrogens (tertiary/aromatic N) is 2. The van der Waals surface area contributed by atoms with Crippen molar-refractivity contribution < 1.29 is 9.59 Å². The van der Waals surface area contributed by atoms with Crippen LogP contribution in [0.5, 0.6) is 0 Å². The summed E-state index contributed by atoms with van der Waals surface area (Å²) >= 11 is 3.33. The zero-order valence-corrected chi connectivity index (χ0v) is 10.3. The highest BCUT2D eigenvalue weighted by molar-refractivity contribution is 9.10. The highest BCUT2D eigenvalue weighted by atomic mass is 79.9. The quantitative estimate of drug-likeness (QED) is 0.777. The lowest BCUT2D eigenvalue weighted by atomic mass is 10.2. The largest absolute Gasteiger partial charge is 0.352 e. The predicted octanol–water partition coefficient (Wildman–Crippen LogP) is 0.784. The number of piperazine rings is 1. The molecule has 1 saturated heterocycles. The van der Waals surface area contributed by atoms with E-state index in [1.165, 1.54) is 0 Å². The van der Waals surface area contributed by atoms with E-state index in [-0.39, 0.29) is 24.9 Å². The minimum atomic E-state index is -0.322. The number of halogens is 1. The van der Waals surface area contributed by atoms with E-state index in [1.54, 1.807) is 23.1 Å². The minimum absolute atomic E-state index is 0.135. The van der Waals surface area contributed by atoms with Gasteiger partial charge in [0.15, 0.2) is 0 Å². The van der Waals surface area contributed by atoms with Crippen LogP contribution in [0, 0.1) is 11.3 Å². The van der Waals surface area contributed by atoms with Gasteiger partial charge < -0.3 is 4.90 Å². The van der Waals surface area contributed by atoms with Crippen LogP contribution >= 0.6 is 15.9 Å². The number of imide groups is 1. The molecule has 2 rings (SSSR count). The van der Waals surface area contributed by atoms with Gasteiger partial charge in [-0.15, -0.1) is 0 Å². The number of carbonyl (C=O) groups is 2. The zero-order chi connectivity index (χ0) is 12.4. The molecule has 2 amide bonds. The molecular formula is C11H8BrN3O2. The Bertz CT molecular complexity index is 520. The molecule has 1 aliphatic heterocycles. The van der Waals surface area contributed by atoms with Gasteiger partial charge in [0, 0.05) is 4.47 Å². The summed E-state index contributed by atoms with van der Waals surface area (Å²) in [6.45, 7) is 0.270. The van der Waals surface area contributed by atoms with Gasteiger partial charge in [-0.05, 0) is 34.1 Å². The SMILES string of the molecule is N#Cc1ccc(N2CC(=O)NC(=O)C2)c(Br)c1. The van der Waals surface area contributed by atoms with Crippen molar-refractivity contribution in [2.75, 3.05) is 18.0 Å². The standard InChI is InChI=1S/C11H8BrN3O2/c12-8-3-7(4-13)1-2-9(8)15-5-10(16)14-11(17)6-15/h1-3H,5-6H2,(H,14,16,17). The molecule has 0 aromatic heterocycles. The average molecular weight is 294 g/mol. The van der Waals surface area contributed by atoms with Crippen LogP contribution in [0.3, 0.4) is 0 Å². The summed E-state index contributed by atoms with van der Waals surface area (Å²) < 4.78 is 0.694. The van der Waals surface area contributed by atoms with Crippen LogP contribution < -0.4 is 10.2 Å². The molecule has 0 radical (unpaired) electrons. The lowest BCUT2D eigenvalue weighted by molar-refractivity contribution is -0.130. The number of hydrogen-bond acceptors (Lipinski definition) is 4. The summed E-state index contributed by atoms with van der Waals surface area (Å²) in [7, 11) is 0. The molecule has 0 aliphatic carbocycles. The molecular weight excluding hydrogens is 286 g/mol. The Hall–Kier alpha value is -1.87. The molecule has 86 valence electrons. The lowest BCUT2D eigenvalue weighted by Crippen LogP contribution is -2.51. The Balaban J connectivity index is 2.31. The van der Waals surface area contributed by atoms with E-state index < -0.39 is 0 Å². The number of benzene rings is 1. The third kappa shape index (κ3) is 2.45. The van der Waals surface area contributed by atoms with E-state index in [2.05, 4.69) is 21.2 Å². The van der Waals surface area contributed by atoms with Crippen molar-refractivity contribution in [3.05, 3.63) is 28.2 Å². The maximum absolute atomic E-state index is 11.3. The van der Waals surface area contributed by atoms with E-state index in [1.807, 2.05) is 6.07 Å². The first-order valence-corrected chi connectivity index (χ1v) is 5.67. The Morgan fingerprint density at radius 1 is 1.29 bits per heavy atom. The number of nitriles is 1. The van der Waals surface area contributed by atoms with E-state index in [0.29, 0.717) is 10.0 Å². The fraction of sp³-hybridized carbons (Fsp3) is 0.182. The van der Waals surface area contributed by atoms with Crippen molar-refractivity contribution >= 4 is 33.4 Å². The second kappa shape index (κ2) is 4.55. The molecule has 1 aromatic rings. The molecule has 0 atom stereocenters. The van der Waals surface area contributed by atoms with Crippen LogP contribution in [0.4, 0.5) is 5.69 Å². The summed E-state index contributed by atoms with van der Waals surface area (Å²) in [5.41, 5.74) is 1.25. The maximum Gasteiger partial charge on any atom is 0.246 e. The first-order valence-electron chi connectivity index (χ1n) is 4.87. The number of anilines is 1. The number of rotatable bonds is 1. The van der Waals surface area contributed by atoms with Gasteiger partial charge in [0.2, 0.25) is 11.8 Å². The Kier molecular flexibility index (Phi) is 3.11. The van der Waals surface area contributed by atoms with Crippen LogP contribution in [0.25, 0.3) is 0 Å². The topological polar surface area (TPSA) is 73.2 Å². The lowest BCUT2D eigenvalue weighted by Gasteiger charge is -2.28. The number of hydrogen-bond donors (Lipinski definition) is 1. The molecule has 1 fully saturated rings. The summed E-state index contributed by atoms with van der Waals surface area (Å²) in [6, 6.07) is 7.05. The summed E-state index contributed by atoms with van der Waals surface area (Å²) in [5.74, 6) is -0.644. The molecule has 0 unspecified atom stereocenters. The maximum atomic E-state index is 11.3. The summed E-state index contributed by atoms with van der Waals surface area (Å²) in [6.07, 6.45) is 0. The third-order valence-electron chi connectivity index (χ3n) is 2.37. The number of carbonyl (C=O) groups excluding carboxylic acids is 2. The molecule has 1 N–H and O–H groups in total. The van der Waals surface area contributed by atoms with Crippen molar-refractivity contribution in [2.45, 2.75) is 0 Å². The van der Waals surface area contributed by atoms with Gasteiger partial charge in [0.05, 0.1) is 30.4 Å². The van der Waals surface area contributed by atoms with E-state index in [4.69, 9.17) is 5.26 Å². The summed E-state index contributed by atoms with van der Waals surface area (Å²) in [4.78, 5) is 24.2. The highest BCUT2D eigenvalue weighted by Gasteiger charge is 2.23. The van der Waals surface area contributed by atoms with Crippen molar-refractivity contribution in [3.8, 4) is 6.07 Å². The van der Waals surface area contributed by atoms with Crippen LogP contribution in [0.2, 0.25) is 0 Å². The van der Waals surface area contributed by atoms with Gasteiger partial charge in [-0.1, -0.05) is 0 Å². The van der Waals surface area contributed by atoms with Gasteiger partial charge >= 0.3 is 0 Å². The van der Waals surface area contributed by atoms with Crippen LogP contribution in [-0.2, 0) is 9.59 Å². The average Bonchev–Trinajstić information content (AvgIpc) is 2.27. The van der Waals surface area contributed by atoms with Crippen LogP contribution in [0.15, 0.2) is 22.7 Å². The van der Waals surface area contributed by atoms with E-state index >= 15 is 0 Å². The monoisotopic (exact) mass is 293 g/mol. The molecule has 0 spiro atoms. The second-order valence-corrected chi connectivity index (χ2v) is 4.46. The molecule has 1 aromatic carbocycles. The number of amides is 2. The van der Waals surface area contributed by atoms with Gasteiger partial charge in [-0.2, -0.15) is 5.26 Å². The van der Waals surface area contributed by atoms with Crippen molar-refractivity contribution in [3.63, 3.8) is 0 Å². The molecule has 0 bridgehead atoms. The van der Waals surface area contributed by atoms with Gasteiger partial charge in [0.1, 0.15) is 0 Å². The molecule has 0 saturated carbocycles. The molecule has 5 nitrogen and oxygen atoms in total. The molecule has 1 aliphatic rings. The van der Waals surface area contributed by atoms with Gasteiger partial charge in [-0.25, -0.2) is 0 Å². The third-order valence-corrected chi connectivity index (χ3v) is 3.00. The van der Waals surface area contributed by atoms with Crippen LogP contribution in [-0.4, -0.2) is 24.9 Å². The van der Waals surface area contributed by atoms with Gasteiger partial charge in [-0.3, -0.25) is 14.9 Å². The Labute approximate surface area is 106 Å². The molecule has 6 heteroatoms. The number of nitrogens with one attached hydrogen (secondary N) is 1.